The van der Waals surface area contributed by atoms with E-state index in [0.29, 0.717) is 11.3 Å². The summed E-state index contributed by atoms with van der Waals surface area (Å²) in [4.78, 5) is 6.59. The summed E-state index contributed by atoms with van der Waals surface area (Å²) in [6, 6.07) is 3.17. The fourth-order valence-electron chi connectivity index (χ4n) is 1.49. The van der Waals surface area contributed by atoms with Crippen LogP contribution in [0.1, 0.15) is 0 Å². The first-order valence-corrected chi connectivity index (χ1v) is 5.11. The summed E-state index contributed by atoms with van der Waals surface area (Å²) in [6.07, 6.45) is 1.35. The van der Waals surface area contributed by atoms with E-state index in [2.05, 4.69) is 9.97 Å². The number of methoxy groups -OCH3 is 1. The maximum Gasteiger partial charge on any atom is 0.179 e. The predicted octanol–water partition coefficient (Wildman–Crippen LogP) is 3.09. The molecule has 0 saturated heterocycles. The van der Waals surface area contributed by atoms with Crippen LogP contribution in [-0.2, 0) is 0 Å². The van der Waals surface area contributed by atoms with Gasteiger partial charge in [-0.15, -0.1) is 0 Å². The van der Waals surface area contributed by atoms with Crippen LogP contribution in [0.5, 0.6) is 5.75 Å². The van der Waals surface area contributed by atoms with Crippen LogP contribution in [0.25, 0.3) is 11.3 Å². The lowest BCUT2D eigenvalue weighted by Crippen LogP contribution is -1.95. The summed E-state index contributed by atoms with van der Waals surface area (Å²) in [5.74, 6) is -1.05. The van der Waals surface area contributed by atoms with Gasteiger partial charge < -0.3 is 9.72 Å². The van der Waals surface area contributed by atoms with Gasteiger partial charge in [0.2, 0.25) is 0 Å². The molecule has 1 aromatic heterocycles. The van der Waals surface area contributed by atoms with Gasteiger partial charge >= 0.3 is 0 Å². The number of hydrogen-bond donors (Lipinski definition) is 1. The molecule has 0 amide bonds. The van der Waals surface area contributed by atoms with Crippen LogP contribution in [0.15, 0.2) is 24.5 Å². The Hall–Kier alpha value is -1.82. The number of benzene rings is 1. The van der Waals surface area contributed by atoms with Gasteiger partial charge in [0, 0.05) is 11.6 Å². The highest BCUT2D eigenvalue weighted by molar-refractivity contribution is 7.71. The lowest BCUT2D eigenvalue weighted by Gasteiger charge is -2.08. The van der Waals surface area contributed by atoms with Crippen molar-refractivity contribution >= 4 is 12.2 Å². The molecule has 2 rings (SSSR count). The minimum absolute atomic E-state index is 0.228. The summed E-state index contributed by atoms with van der Waals surface area (Å²) >= 11 is 4.96. The van der Waals surface area contributed by atoms with Gasteiger partial charge in [-0.05, 0) is 12.1 Å². The monoisotopic (exact) mass is 254 g/mol. The Bertz CT molecular complexity index is 592. The van der Waals surface area contributed by atoms with Crippen molar-refractivity contribution in [2.75, 3.05) is 7.11 Å². The third-order valence-corrected chi connectivity index (χ3v) is 2.46. The molecule has 88 valence electrons. The molecule has 0 aliphatic heterocycles. The summed E-state index contributed by atoms with van der Waals surface area (Å²) in [5.41, 5.74) is 0.707. The molecule has 0 unspecified atom stereocenters. The van der Waals surface area contributed by atoms with Crippen molar-refractivity contribution in [2.45, 2.75) is 0 Å². The maximum absolute atomic E-state index is 13.1. The first kappa shape index (κ1) is 11.7. The molecule has 0 bridgehead atoms. The van der Waals surface area contributed by atoms with Crippen molar-refractivity contribution in [3.63, 3.8) is 0 Å². The lowest BCUT2D eigenvalue weighted by molar-refractivity contribution is 0.410. The zero-order chi connectivity index (χ0) is 12.4. The van der Waals surface area contributed by atoms with Gasteiger partial charge in [-0.25, -0.2) is 13.8 Å². The fourth-order valence-corrected chi connectivity index (χ4v) is 1.73. The second-order valence-corrected chi connectivity index (χ2v) is 3.66. The third kappa shape index (κ3) is 2.31. The first-order valence-electron chi connectivity index (χ1n) is 4.70. The van der Waals surface area contributed by atoms with Gasteiger partial charge in [0.25, 0.3) is 0 Å². The number of aromatic nitrogens is 2. The van der Waals surface area contributed by atoms with Crippen LogP contribution in [0.3, 0.4) is 0 Å². The second-order valence-electron chi connectivity index (χ2n) is 3.27. The molecule has 17 heavy (non-hydrogen) atoms. The summed E-state index contributed by atoms with van der Waals surface area (Å²) in [5, 5.41) is 0. The SMILES string of the molecule is COc1c(-c2cc(F)cc(F)c2)[nH]cnc1=S. The van der Waals surface area contributed by atoms with Crippen LogP contribution in [0.2, 0.25) is 0 Å². The molecule has 0 fully saturated rings. The Morgan fingerprint density at radius 3 is 2.47 bits per heavy atom. The number of nitrogens with one attached hydrogen (secondary N) is 1. The molecule has 0 aliphatic carbocycles. The number of rotatable bonds is 2. The van der Waals surface area contributed by atoms with E-state index in [1.807, 2.05) is 0 Å². The fraction of sp³-hybridized carbons (Fsp3) is 0.0909. The van der Waals surface area contributed by atoms with Crippen LogP contribution in [-0.4, -0.2) is 17.1 Å². The van der Waals surface area contributed by atoms with Crippen molar-refractivity contribution in [2.24, 2.45) is 0 Å². The maximum atomic E-state index is 13.1. The molecule has 1 N–H and O–H groups in total. The van der Waals surface area contributed by atoms with Gasteiger partial charge in [0.15, 0.2) is 10.4 Å². The molecule has 0 saturated carbocycles. The highest BCUT2D eigenvalue weighted by Gasteiger charge is 2.10. The van der Waals surface area contributed by atoms with Gasteiger partial charge in [0.1, 0.15) is 11.6 Å². The molecular weight excluding hydrogens is 246 g/mol. The van der Waals surface area contributed by atoms with E-state index >= 15 is 0 Å². The first-order chi connectivity index (χ1) is 8.11. The number of H-pyrrole nitrogens is 1. The molecule has 1 aromatic carbocycles. The van der Waals surface area contributed by atoms with E-state index < -0.39 is 11.6 Å². The Morgan fingerprint density at radius 2 is 1.88 bits per heavy atom. The Balaban J connectivity index is 2.68. The van der Waals surface area contributed by atoms with E-state index in [9.17, 15) is 8.78 Å². The van der Waals surface area contributed by atoms with Crippen LogP contribution in [0.4, 0.5) is 8.78 Å². The van der Waals surface area contributed by atoms with Gasteiger partial charge in [-0.3, -0.25) is 0 Å². The predicted molar refractivity (Wildman–Crippen MR) is 61.3 cm³/mol. The van der Waals surface area contributed by atoms with E-state index in [-0.39, 0.29) is 10.4 Å². The average Bonchev–Trinajstić information content (AvgIpc) is 2.27. The largest absolute Gasteiger partial charge is 0.491 e. The number of nitrogens with zero attached hydrogens (tertiary/aromatic N) is 1. The highest BCUT2D eigenvalue weighted by atomic mass is 32.1. The van der Waals surface area contributed by atoms with Crippen molar-refractivity contribution in [1.82, 2.24) is 9.97 Å². The van der Waals surface area contributed by atoms with E-state index in [1.54, 1.807) is 0 Å². The summed E-state index contributed by atoms with van der Waals surface area (Å²) < 4.78 is 31.5. The number of ether oxygens (including phenoxy) is 1. The van der Waals surface area contributed by atoms with Crippen LogP contribution < -0.4 is 4.74 Å². The normalized spacial score (nSPS) is 10.3. The van der Waals surface area contributed by atoms with Crippen LogP contribution >= 0.6 is 12.2 Å². The topological polar surface area (TPSA) is 37.9 Å². The van der Waals surface area contributed by atoms with Gasteiger partial charge in [-0.2, -0.15) is 0 Å². The molecule has 0 aliphatic rings. The molecule has 3 nitrogen and oxygen atoms in total. The second kappa shape index (κ2) is 4.58. The molecular formula is C11H8F2N2OS. The van der Waals surface area contributed by atoms with E-state index in [0.717, 1.165) is 6.07 Å². The van der Waals surface area contributed by atoms with Crippen molar-refractivity contribution < 1.29 is 13.5 Å². The van der Waals surface area contributed by atoms with Gasteiger partial charge in [0.05, 0.1) is 19.1 Å². The summed E-state index contributed by atoms with van der Waals surface area (Å²) in [6.45, 7) is 0. The zero-order valence-corrected chi connectivity index (χ0v) is 9.65. The molecule has 2 aromatic rings. The number of aromatic amines is 1. The summed E-state index contributed by atoms with van der Waals surface area (Å²) in [7, 11) is 1.42. The van der Waals surface area contributed by atoms with Crippen molar-refractivity contribution in [1.29, 1.82) is 0 Å². The van der Waals surface area contributed by atoms with E-state index in [4.69, 9.17) is 17.0 Å². The third-order valence-electron chi connectivity index (χ3n) is 2.17. The minimum atomic E-state index is -0.668. The zero-order valence-electron chi connectivity index (χ0n) is 8.83. The quantitative estimate of drug-likeness (QED) is 0.837. The highest BCUT2D eigenvalue weighted by Crippen LogP contribution is 2.28. The Labute approximate surface area is 101 Å². The van der Waals surface area contributed by atoms with Crippen molar-refractivity contribution in [3.8, 4) is 17.0 Å². The number of hydrogen-bond acceptors (Lipinski definition) is 3. The van der Waals surface area contributed by atoms with Crippen molar-refractivity contribution in [3.05, 3.63) is 40.8 Å². The number of halogens is 2. The lowest BCUT2D eigenvalue weighted by atomic mass is 10.1. The smallest absolute Gasteiger partial charge is 0.179 e. The minimum Gasteiger partial charge on any atom is -0.491 e. The molecule has 0 atom stereocenters. The Kier molecular flexibility index (Phi) is 3.14. The molecule has 0 radical (unpaired) electrons. The Morgan fingerprint density at radius 1 is 1.24 bits per heavy atom. The average molecular weight is 254 g/mol. The molecule has 6 heteroatoms. The van der Waals surface area contributed by atoms with Gasteiger partial charge in [-0.1, -0.05) is 12.2 Å². The molecule has 0 spiro atoms. The van der Waals surface area contributed by atoms with Crippen LogP contribution in [0, 0.1) is 16.3 Å². The standard InChI is InChI=1S/C11H8F2N2OS/c1-16-10-9(14-5-15-11(10)17)6-2-7(12)4-8(13)3-6/h2-5H,1H3,(H,14,15,17). The van der Waals surface area contributed by atoms with E-state index in [1.165, 1.54) is 25.6 Å². The molecule has 1 heterocycles.